The SMILES string of the molecule is CCC1CCCC1NCc1cnn(CC)c1. The Kier molecular flexibility index (Phi) is 3.99. The number of rotatable bonds is 5. The van der Waals surface area contributed by atoms with E-state index in [1.807, 2.05) is 10.9 Å². The molecular weight excluding hydrogens is 198 g/mol. The Balaban J connectivity index is 1.82. The predicted octanol–water partition coefficient (Wildman–Crippen LogP) is 2.57. The second-order valence-corrected chi connectivity index (χ2v) is 4.79. The maximum absolute atomic E-state index is 4.30. The van der Waals surface area contributed by atoms with Crippen molar-refractivity contribution in [1.82, 2.24) is 15.1 Å². The van der Waals surface area contributed by atoms with E-state index >= 15 is 0 Å². The molecule has 0 bridgehead atoms. The number of aryl methyl sites for hydroxylation is 1. The van der Waals surface area contributed by atoms with E-state index in [1.165, 1.54) is 31.2 Å². The summed E-state index contributed by atoms with van der Waals surface area (Å²) in [5, 5.41) is 7.98. The third kappa shape index (κ3) is 2.64. The highest BCUT2D eigenvalue weighted by Gasteiger charge is 2.24. The first-order valence-corrected chi connectivity index (χ1v) is 6.58. The molecule has 2 unspecified atom stereocenters. The third-order valence-electron chi connectivity index (χ3n) is 3.76. The van der Waals surface area contributed by atoms with Gasteiger partial charge in [-0.3, -0.25) is 4.68 Å². The molecule has 2 rings (SSSR count). The molecule has 90 valence electrons. The number of hydrogen-bond acceptors (Lipinski definition) is 2. The van der Waals surface area contributed by atoms with Crippen LogP contribution >= 0.6 is 0 Å². The van der Waals surface area contributed by atoms with Crippen LogP contribution < -0.4 is 5.32 Å². The fourth-order valence-corrected chi connectivity index (χ4v) is 2.71. The van der Waals surface area contributed by atoms with E-state index in [0.29, 0.717) is 0 Å². The fraction of sp³-hybridized carbons (Fsp3) is 0.769. The topological polar surface area (TPSA) is 29.9 Å². The molecule has 1 aliphatic carbocycles. The molecule has 0 spiro atoms. The summed E-state index contributed by atoms with van der Waals surface area (Å²) in [6.07, 6.45) is 9.58. The van der Waals surface area contributed by atoms with Crippen LogP contribution in [0.25, 0.3) is 0 Å². The van der Waals surface area contributed by atoms with Gasteiger partial charge in [0.05, 0.1) is 6.20 Å². The Morgan fingerprint density at radius 1 is 1.44 bits per heavy atom. The van der Waals surface area contributed by atoms with E-state index in [1.54, 1.807) is 0 Å². The van der Waals surface area contributed by atoms with Crippen LogP contribution in [0.3, 0.4) is 0 Å². The summed E-state index contributed by atoms with van der Waals surface area (Å²) in [4.78, 5) is 0. The summed E-state index contributed by atoms with van der Waals surface area (Å²) >= 11 is 0. The lowest BCUT2D eigenvalue weighted by atomic mass is 10.0. The van der Waals surface area contributed by atoms with Crippen molar-refractivity contribution in [2.45, 2.75) is 58.7 Å². The van der Waals surface area contributed by atoms with Crippen molar-refractivity contribution in [2.75, 3.05) is 0 Å². The van der Waals surface area contributed by atoms with Gasteiger partial charge in [0, 0.05) is 30.9 Å². The predicted molar refractivity (Wildman–Crippen MR) is 66.2 cm³/mol. The monoisotopic (exact) mass is 221 g/mol. The van der Waals surface area contributed by atoms with Crippen LogP contribution in [0.2, 0.25) is 0 Å². The van der Waals surface area contributed by atoms with Crippen LogP contribution in [0.4, 0.5) is 0 Å². The van der Waals surface area contributed by atoms with E-state index in [0.717, 1.165) is 25.0 Å². The van der Waals surface area contributed by atoms with E-state index < -0.39 is 0 Å². The second-order valence-electron chi connectivity index (χ2n) is 4.79. The van der Waals surface area contributed by atoms with Gasteiger partial charge in [0.2, 0.25) is 0 Å². The Bertz CT molecular complexity index is 319. The minimum absolute atomic E-state index is 0.731. The minimum atomic E-state index is 0.731. The Hall–Kier alpha value is -0.830. The van der Waals surface area contributed by atoms with Crippen molar-refractivity contribution in [1.29, 1.82) is 0 Å². The van der Waals surface area contributed by atoms with E-state index in [-0.39, 0.29) is 0 Å². The summed E-state index contributed by atoms with van der Waals surface area (Å²) in [5.41, 5.74) is 1.31. The zero-order chi connectivity index (χ0) is 11.4. The van der Waals surface area contributed by atoms with Crippen molar-refractivity contribution in [2.24, 2.45) is 5.92 Å². The molecule has 0 radical (unpaired) electrons. The summed E-state index contributed by atoms with van der Waals surface area (Å²) in [7, 11) is 0. The molecule has 3 nitrogen and oxygen atoms in total. The van der Waals surface area contributed by atoms with Crippen molar-refractivity contribution in [3.63, 3.8) is 0 Å². The Morgan fingerprint density at radius 3 is 3.00 bits per heavy atom. The zero-order valence-corrected chi connectivity index (χ0v) is 10.4. The maximum atomic E-state index is 4.30. The number of nitrogens with zero attached hydrogens (tertiary/aromatic N) is 2. The Labute approximate surface area is 98.2 Å². The number of aromatic nitrogens is 2. The lowest BCUT2D eigenvalue weighted by molar-refractivity contribution is 0.389. The molecular formula is C13H23N3. The molecule has 0 aliphatic heterocycles. The molecule has 1 fully saturated rings. The molecule has 2 atom stereocenters. The minimum Gasteiger partial charge on any atom is -0.310 e. The second kappa shape index (κ2) is 5.48. The van der Waals surface area contributed by atoms with Gasteiger partial charge in [-0.2, -0.15) is 5.10 Å². The van der Waals surface area contributed by atoms with Crippen LogP contribution in [0.1, 0.15) is 45.1 Å². The molecule has 1 aromatic heterocycles. The molecule has 1 saturated carbocycles. The summed E-state index contributed by atoms with van der Waals surface area (Å²) in [6, 6.07) is 0.731. The molecule has 1 N–H and O–H groups in total. The van der Waals surface area contributed by atoms with Crippen molar-refractivity contribution >= 4 is 0 Å². The highest BCUT2D eigenvalue weighted by Crippen LogP contribution is 2.28. The number of nitrogens with one attached hydrogen (secondary N) is 1. The van der Waals surface area contributed by atoms with Crippen LogP contribution in [0.5, 0.6) is 0 Å². The summed E-state index contributed by atoms with van der Waals surface area (Å²) < 4.78 is 1.99. The van der Waals surface area contributed by atoms with Gasteiger partial charge >= 0.3 is 0 Å². The average Bonchev–Trinajstić information content (AvgIpc) is 2.94. The molecule has 1 aliphatic rings. The normalized spacial score (nSPS) is 25.1. The third-order valence-corrected chi connectivity index (χ3v) is 3.76. The molecule has 0 saturated heterocycles. The summed E-state index contributed by atoms with van der Waals surface area (Å²) in [5.74, 6) is 0.890. The largest absolute Gasteiger partial charge is 0.310 e. The van der Waals surface area contributed by atoms with Gasteiger partial charge in [-0.05, 0) is 25.7 Å². The van der Waals surface area contributed by atoms with Crippen molar-refractivity contribution < 1.29 is 0 Å². The average molecular weight is 221 g/mol. The van der Waals surface area contributed by atoms with Crippen LogP contribution in [-0.2, 0) is 13.1 Å². The molecule has 3 heteroatoms. The lowest BCUT2D eigenvalue weighted by Crippen LogP contribution is -2.31. The molecule has 1 heterocycles. The number of hydrogen-bond donors (Lipinski definition) is 1. The van der Waals surface area contributed by atoms with Gasteiger partial charge in [0.15, 0.2) is 0 Å². The molecule has 16 heavy (non-hydrogen) atoms. The van der Waals surface area contributed by atoms with Crippen LogP contribution in [0, 0.1) is 5.92 Å². The van der Waals surface area contributed by atoms with E-state index in [2.05, 4.69) is 30.5 Å². The van der Waals surface area contributed by atoms with Crippen LogP contribution in [-0.4, -0.2) is 15.8 Å². The first-order valence-electron chi connectivity index (χ1n) is 6.58. The van der Waals surface area contributed by atoms with E-state index in [9.17, 15) is 0 Å². The van der Waals surface area contributed by atoms with Gasteiger partial charge in [-0.15, -0.1) is 0 Å². The first-order chi connectivity index (χ1) is 7.83. The highest BCUT2D eigenvalue weighted by molar-refractivity contribution is 5.03. The lowest BCUT2D eigenvalue weighted by Gasteiger charge is -2.19. The van der Waals surface area contributed by atoms with Crippen molar-refractivity contribution in [3.8, 4) is 0 Å². The van der Waals surface area contributed by atoms with Gasteiger partial charge in [-0.1, -0.05) is 19.8 Å². The van der Waals surface area contributed by atoms with Crippen LogP contribution in [0.15, 0.2) is 12.4 Å². The highest BCUT2D eigenvalue weighted by atomic mass is 15.3. The quantitative estimate of drug-likeness (QED) is 0.828. The van der Waals surface area contributed by atoms with Crippen molar-refractivity contribution in [3.05, 3.63) is 18.0 Å². The van der Waals surface area contributed by atoms with Gasteiger partial charge in [0.1, 0.15) is 0 Å². The summed E-state index contributed by atoms with van der Waals surface area (Å²) in [6.45, 7) is 6.36. The smallest absolute Gasteiger partial charge is 0.0534 e. The zero-order valence-electron chi connectivity index (χ0n) is 10.4. The Morgan fingerprint density at radius 2 is 2.31 bits per heavy atom. The maximum Gasteiger partial charge on any atom is 0.0534 e. The van der Waals surface area contributed by atoms with Gasteiger partial charge < -0.3 is 5.32 Å². The first kappa shape index (κ1) is 11.6. The fourth-order valence-electron chi connectivity index (χ4n) is 2.71. The van der Waals surface area contributed by atoms with Gasteiger partial charge in [0.25, 0.3) is 0 Å². The molecule has 0 amide bonds. The standard InChI is InChI=1S/C13H23N3/c1-3-12-6-5-7-13(12)14-8-11-9-15-16(4-2)10-11/h9-10,12-14H,3-8H2,1-2H3. The molecule has 0 aromatic carbocycles. The van der Waals surface area contributed by atoms with E-state index in [4.69, 9.17) is 0 Å². The van der Waals surface area contributed by atoms with Gasteiger partial charge in [-0.25, -0.2) is 0 Å². The molecule has 1 aromatic rings.